The van der Waals surface area contributed by atoms with E-state index >= 15 is 0 Å². The van der Waals surface area contributed by atoms with Crippen molar-refractivity contribution in [3.05, 3.63) is 35.4 Å². The molecule has 0 spiro atoms. The summed E-state index contributed by atoms with van der Waals surface area (Å²) >= 11 is 0. The molecule has 16 heavy (non-hydrogen) atoms. The minimum atomic E-state index is -0.248. The molecule has 1 aromatic carbocycles. The highest BCUT2D eigenvalue weighted by molar-refractivity contribution is 5.22. The Morgan fingerprint density at radius 3 is 2.81 bits per heavy atom. The Morgan fingerprint density at radius 1 is 1.38 bits per heavy atom. The van der Waals surface area contributed by atoms with Crippen molar-refractivity contribution < 1.29 is 9.84 Å². The number of hydrogen-bond acceptors (Lipinski definition) is 3. The minimum Gasteiger partial charge on any atom is -0.392 e. The summed E-state index contributed by atoms with van der Waals surface area (Å²) in [5.74, 6) is 0. The lowest BCUT2D eigenvalue weighted by Crippen LogP contribution is -2.25. The van der Waals surface area contributed by atoms with Gasteiger partial charge in [0.1, 0.15) is 0 Å². The average Bonchev–Trinajstić information content (AvgIpc) is 2.30. The van der Waals surface area contributed by atoms with Crippen LogP contribution in [0.15, 0.2) is 24.3 Å². The van der Waals surface area contributed by atoms with Crippen LogP contribution in [-0.2, 0) is 17.9 Å². The van der Waals surface area contributed by atoms with Crippen LogP contribution in [0.5, 0.6) is 0 Å². The molecular formula is C13H21NO2. The molecule has 1 rings (SSSR count). The molecule has 0 amide bonds. The number of aliphatic hydroxyl groups is 1. The average molecular weight is 223 g/mol. The number of nitrogens with one attached hydrogen (secondary N) is 1. The molecule has 0 aliphatic heterocycles. The maximum absolute atomic E-state index is 9.39. The second-order valence-corrected chi connectivity index (χ2v) is 3.95. The summed E-state index contributed by atoms with van der Waals surface area (Å²) in [6.45, 7) is 4.05. The van der Waals surface area contributed by atoms with Crippen LogP contribution in [0.4, 0.5) is 0 Å². The van der Waals surface area contributed by atoms with Crippen molar-refractivity contribution in [2.24, 2.45) is 0 Å². The summed E-state index contributed by atoms with van der Waals surface area (Å²) in [4.78, 5) is 0. The molecule has 0 saturated heterocycles. The van der Waals surface area contributed by atoms with E-state index in [2.05, 4.69) is 17.4 Å². The van der Waals surface area contributed by atoms with Gasteiger partial charge in [-0.05, 0) is 17.5 Å². The summed E-state index contributed by atoms with van der Waals surface area (Å²) in [7, 11) is 1.70. The molecule has 1 unspecified atom stereocenters. The van der Waals surface area contributed by atoms with Gasteiger partial charge in [0.25, 0.3) is 0 Å². The lowest BCUT2D eigenvalue weighted by molar-refractivity contribution is 0.167. The van der Waals surface area contributed by atoms with Crippen molar-refractivity contribution in [2.45, 2.75) is 32.6 Å². The number of ether oxygens (including phenoxy) is 1. The molecule has 0 heterocycles. The zero-order valence-corrected chi connectivity index (χ0v) is 10.1. The predicted molar refractivity (Wildman–Crippen MR) is 65.2 cm³/mol. The van der Waals surface area contributed by atoms with E-state index < -0.39 is 0 Å². The SMILES string of the molecule is CCC(O)CNCc1cccc(COC)c1. The van der Waals surface area contributed by atoms with Gasteiger partial charge in [0.2, 0.25) is 0 Å². The summed E-state index contributed by atoms with van der Waals surface area (Å²) in [6.07, 6.45) is 0.540. The van der Waals surface area contributed by atoms with Gasteiger partial charge in [-0.2, -0.15) is 0 Å². The van der Waals surface area contributed by atoms with Crippen LogP contribution in [0.3, 0.4) is 0 Å². The number of benzene rings is 1. The Hall–Kier alpha value is -0.900. The predicted octanol–water partition coefficient (Wildman–Crippen LogP) is 1.69. The second kappa shape index (κ2) is 7.39. The van der Waals surface area contributed by atoms with Gasteiger partial charge < -0.3 is 15.2 Å². The Labute approximate surface area is 97.4 Å². The van der Waals surface area contributed by atoms with Crippen molar-refractivity contribution in [1.82, 2.24) is 5.32 Å². The first kappa shape index (κ1) is 13.2. The fourth-order valence-electron chi connectivity index (χ4n) is 1.52. The van der Waals surface area contributed by atoms with Gasteiger partial charge in [-0.3, -0.25) is 0 Å². The van der Waals surface area contributed by atoms with Crippen LogP contribution in [0.1, 0.15) is 24.5 Å². The summed E-state index contributed by atoms with van der Waals surface area (Å²) in [5.41, 5.74) is 2.40. The van der Waals surface area contributed by atoms with E-state index in [1.54, 1.807) is 7.11 Å². The molecule has 1 atom stereocenters. The zero-order valence-electron chi connectivity index (χ0n) is 10.1. The molecular weight excluding hydrogens is 202 g/mol. The molecule has 0 aliphatic carbocycles. The van der Waals surface area contributed by atoms with E-state index in [4.69, 9.17) is 4.74 Å². The van der Waals surface area contributed by atoms with E-state index in [1.807, 2.05) is 19.1 Å². The Balaban J connectivity index is 2.38. The fraction of sp³-hybridized carbons (Fsp3) is 0.538. The minimum absolute atomic E-state index is 0.248. The molecule has 0 saturated carbocycles. The molecule has 1 aromatic rings. The number of aliphatic hydroxyl groups excluding tert-OH is 1. The molecule has 90 valence electrons. The van der Waals surface area contributed by atoms with E-state index in [9.17, 15) is 5.11 Å². The Bertz CT molecular complexity index is 302. The highest BCUT2D eigenvalue weighted by Gasteiger charge is 2.00. The van der Waals surface area contributed by atoms with Crippen molar-refractivity contribution in [2.75, 3.05) is 13.7 Å². The standard InChI is InChI=1S/C13H21NO2/c1-3-13(15)9-14-8-11-5-4-6-12(7-11)10-16-2/h4-7,13-15H,3,8-10H2,1-2H3. The van der Waals surface area contributed by atoms with Crippen LogP contribution in [-0.4, -0.2) is 24.9 Å². The third kappa shape index (κ3) is 4.75. The van der Waals surface area contributed by atoms with Gasteiger partial charge in [0.05, 0.1) is 12.7 Å². The molecule has 0 bridgehead atoms. The molecule has 0 aliphatic rings. The molecule has 0 radical (unpaired) electrons. The largest absolute Gasteiger partial charge is 0.392 e. The maximum atomic E-state index is 9.39. The summed E-state index contributed by atoms with van der Waals surface area (Å²) in [5, 5.41) is 12.6. The third-order valence-electron chi connectivity index (χ3n) is 2.48. The van der Waals surface area contributed by atoms with Crippen LogP contribution in [0.2, 0.25) is 0 Å². The van der Waals surface area contributed by atoms with E-state index in [-0.39, 0.29) is 6.10 Å². The number of hydrogen-bond donors (Lipinski definition) is 2. The van der Waals surface area contributed by atoms with E-state index in [0.29, 0.717) is 13.2 Å². The summed E-state index contributed by atoms with van der Waals surface area (Å²) < 4.78 is 5.08. The monoisotopic (exact) mass is 223 g/mol. The molecule has 0 aromatic heterocycles. The first-order valence-electron chi connectivity index (χ1n) is 5.71. The van der Waals surface area contributed by atoms with Crippen LogP contribution in [0.25, 0.3) is 0 Å². The molecule has 3 heteroatoms. The van der Waals surface area contributed by atoms with Crippen molar-refractivity contribution >= 4 is 0 Å². The topological polar surface area (TPSA) is 41.5 Å². The number of rotatable bonds is 7. The quantitative estimate of drug-likeness (QED) is 0.739. The van der Waals surface area contributed by atoms with Gasteiger partial charge >= 0.3 is 0 Å². The van der Waals surface area contributed by atoms with Crippen LogP contribution < -0.4 is 5.32 Å². The molecule has 0 fully saturated rings. The lowest BCUT2D eigenvalue weighted by atomic mass is 10.1. The van der Waals surface area contributed by atoms with Gasteiger partial charge in [-0.1, -0.05) is 31.2 Å². The van der Waals surface area contributed by atoms with E-state index in [0.717, 1.165) is 13.0 Å². The van der Waals surface area contributed by atoms with Crippen molar-refractivity contribution in [3.63, 3.8) is 0 Å². The van der Waals surface area contributed by atoms with Crippen LogP contribution >= 0.6 is 0 Å². The van der Waals surface area contributed by atoms with E-state index in [1.165, 1.54) is 11.1 Å². The molecule has 3 nitrogen and oxygen atoms in total. The van der Waals surface area contributed by atoms with Gasteiger partial charge in [-0.25, -0.2) is 0 Å². The van der Waals surface area contributed by atoms with Gasteiger partial charge in [-0.15, -0.1) is 0 Å². The van der Waals surface area contributed by atoms with Crippen molar-refractivity contribution in [3.8, 4) is 0 Å². The lowest BCUT2D eigenvalue weighted by Gasteiger charge is -2.10. The number of methoxy groups -OCH3 is 1. The van der Waals surface area contributed by atoms with Crippen LogP contribution in [0, 0.1) is 0 Å². The van der Waals surface area contributed by atoms with Gasteiger partial charge in [0, 0.05) is 20.2 Å². The summed E-state index contributed by atoms with van der Waals surface area (Å²) in [6, 6.07) is 8.27. The highest BCUT2D eigenvalue weighted by atomic mass is 16.5. The third-order valence-corrected chi connectivity index (χ3v) is 2.48. The highest BCUT2D eigenvalue weighted by Crippen LogP contribution is 2.06. The Morgan fingerprint density at radius 2 is 2.12 bits per heavy atom. The Kier molecular flexibility index (Phi) is 6.08. The van der Waals surface area contributed by atoms with Gasteiger partial charge in [0.15, 0.2) is 0 Å². The normalized spacial score (nSPS) is 12.7. The fourth-order valence-corrected chi connectivity index (χ4v) is 1.52. The zero-order chi connectivity index (χ0) is 11.8. The first-order valence-corrected chi connectivity index (χ1v) is 5.71. The first-order chi connectivity index (χ1) is 7.76. The molecule has 2 N–H and O–H groups in total. The second-order valence-electron chi connectivity index (χ2n) is 3.95. The smallest absolute Gasteiger partial charge is 0.0713 e. The maximum Gasteiger partial charge on any atom is 0.0713 e. The van der Waals surface area contributed by atoms with Crippen molar-refractivity contribution in [1.29, 1.82) is 0 Å².